The molecule has 6 rings (SSSR count). The van der Waals surface area contributed by atoms with E-state index in [2.05, 4.69) is 32.7 Å². The highest BCUT2D eigenvalue weighted by Crippen LogP contribution is 2.48. The Labute approximate surface area is 217 Å². The fourth-order valence-corrected chi connectivity index (χ4v) is 5.28. The van der Waals surface area contributed by atoms with E-state index in [1.165, 1.54) is 4.90 Å². The van der Waals surface area contributed by atoms with Gasteiger partial charge in [-0.2, -0.15) is 5.10 Å². The molecule has 2 aromatic rings. The first-order chi connectivity index (χ1) is 17.9. The average molecular weight is 525 g/mol. The van der Waals surface area contributed by atoms with Gasteiger partial charge in [-0.1, -0.05) is 16.8 Å². The lowest BCUT2D eigenvalue weighted by atomic mass is 9.99. The van der Waals surface area contributed by atoms with Gasteiger partial charge in [0.2, 0.25) is 17.6 Å². The smallest absolute Gasteiger partial charge is 0.281 e. The number of hydrogen-bond donors (Lipinski definition) is 2. The second kappa shape index (κ2) is 9.07. The number of nitrogens with one attached hydrogen (secondary N) is 2. The zero-order chi connectivity index (χ0) is 25.7. The predicted molar refractivity (Wildman–Crippen MR) is 132 cm³/mol. The van der Waals surface area contributed by atoms with Crippen LogP contribution >= 0.6 is 11.6 Å². The molecule has 1 aromatic carbocycles. The van der Waals surface area contributed by atoms with Crippen LogP contribution in [0.15, 0.2) is 32.9 Å². The van der Waals surface area contributed by atoms with E-state index in [4.69, 9.17) is 20.9 Å². The number of halogens is 1. The van der Waals surface area contributed by atoms with Crippen LogP contribution in [0.3, 0.4) is 0 Å². The van der Waals surface area contributed by atoms with Gasteiger partial charge < -0.3 is 14.2 Å². The van der Waals surface area contributed by atoms with Crippen LogP contribution in [-0.2, 0) is 26.4 Å². The normalized spacial score (nSPS) is 22.6. The molecule has 1 saturated heterocycles. The third-order valence-electron chi connectivity index (χ3n) is 7.42. The minimum atomic E-state index is -0.689. The lowest BCUT2D eigenvalue weighted by Crippen LogP contribution is -2.52. The summed E-state index contributed by atoms with van der Waals surface area (Å²) in [4.78, 5) is 38.7. The van der Waals surface area contributed by atoms with E-state index >= 15 is 0 Å². The SMILES string of the molecule is C=N/N=C(\OCNC1(c2cc(Cl)c3c(c2)C(=O)N(C2CCC(=O)NC2=O)C3)CC1)c1cc(C2CC2)no1. The summed E-state index contributed by atoms with van der Waals surface area (Å²) < 4.78 is 11.2. The molecule has 37 heavy (non-hydrogen) atoms. The van der Waals surface area contributed by atoms with Crippen LogP contribution in [0.2, 0.25) is 5.02 Å². The van der Waals surface area contributed by atoms with Crippen LogP contribution in [0.25, 0.3) is 0 Å². The topological polar surface area (TPSA) is 138 Å². The molecule has 4 aliphatic rings. The number of carbonyl (C=O) groups excluding carboxylic acids is 3. The summed E-state index contributed by atoms with van der Waals surface area (Å²) in [6.45, 7) is 3.75. The van der Waals surface area contributed by atoms with Crippen molar-refractivity contribution >= 4 is 41.9 Å². The quantitative estimate of drug-likeness (QED) is 0.178. The molecule has 1 unspecified atom stereocenters. The third kappa shape index (κ3) is 4.42. The van der Waals surface area contributed by atoms with Gasteiger partial charge in [0.15, 0.2) is 0 Å². The molecular formula is C25H25ClN6O5. The van der Waals surface area contributed by atoms with Crippen LogP contribution in [0.4, 0.5) is 0 Å². The van der Waals surface area contributed by atoms with E-state index in [1.807, 2.05) is 18.2 Å². The summed E-state index contributed by atoms with van der Waals surface area (Å²) in [7, 11) is 0. The van der Waals surface area contributed by atoms with Crippen LogP contribution in [0.1, 0.15) is 77.4 Å². The molecule has 1 aromatic heterocycles. The number of hydrogen-bond acceptors (Lipinski definition) is 9. The third-order valence-corrected chi connectivity index (χ3v) is 7.76. The van der Waals surface area contributed by atoms with Crippen molar-refractivity contribution in [2.45, 2.75) is 62.6 Å². The molecule has 2 aliphatic heterocycles. The first-order valence-electron chi connectivity index (χ1n) is 12.2. The van der Waals surface area contributed by atoms with Crippen LogP contribution in [0, 0.1) is 0 Å². The fourth-order valence-electron chi connectivity index (χ4n) is 5.00. The molecule has 0 radical (unpaired) electrons. The van der Waals surface area contributed by atoms with Crippen molar-refractivity contribution in [3.8, 4) is 0 Å². The Morgan fingerprint density at radius 3 is 2.78 bits per heavy atom. The van der Waals surface area contributed by atoms with Gasteiger partial charge in [0, 0.05) is 53.4 Å². The number of aromatic nitrogens is 1. The second-order valence-corrected chi connectivity index (χ2v) is 10.3. The minimum Gasteiger partial charge on any atom is -0.458 e. The maximum absolute atomic E-state index is 13.3. The van der Waals surface area contributed by atoms with Gasteiger partial charge in [0.1, 0.15) is 12.8 Å². The van der Waals surface area contributed by atoms with E-state index < -0.39 is 17.5 Å². The van der Waals surface area contributed by atoms with Gasteiger partial charge in [-0.25, -0.2) is 0 Å². The number of benzene rings is 1. The summed E-state index contributed by atoms with van der Waals surface area (Å²) in [5, 5.41) is 17.8. The van der Waals surface area contributed by atoms with Crippen molar-refractivity contribution in [1.82, 2.24) is 20.7 Å². The van der Waals surface area contributed by atoms with Crippen LogP contribution in [0.5, 0.6) is 0 Å². The second-order valence-electron chi connectivity index (χ2n) is 9.87. The molecule has 3 fully saturated rings. The van der Waals surface area contributed by atoms with E-state index in [0.717, 1.165) is 36.9 Å². The number of nitrogens with zero attached hydrogens (tertiary/aromatic N) is 4. The Kier molecular flexibility index (Phi) is 5.84. The lowest BCUT2D eigenvalue weighted by molar-refractivity contribution is -0.136. The van der Waals surface area contributed by atoms with Gasteiger partial charge in [-0.15, -0.1) is 5.10 Å². The molecule has 2 saturated carbocycles. The molecule has 2 aliphatic carbocycles. The molecule has 0 spiro atoms. The molecule has 192 valence electrons. The van der Waals surface area contributed by atoms with Gasteiger partial charge >= 0.3 is 0 Å². The Bertz CT molecular complexity index is 1350. The zero-order valence-electron chi connectivity index (χ0n) is 20.0. The molecular weight excluding hydrogens is 500 g/mol. The monoisotopic (exact) mass is 524 g/mol. The number of rotatable bonds is 8. The average Bonchev–Trinajstić information content (AvgIpc) is 3.79. The molecule has 1 atom stereocenters. The molecule has 0 bridgehead atoms. The number of imide groups is 1. The Balaban J connectivity index is 1.15. The van der Waals surface area contributed by atoms with Crippen molar-refractivity contribution in [2.75, 3.05) is 6.73 Å². The first kappa shape index (κ1) is 23.8. The molecule has 3 heterocycles. The van der Waals surface area contributed by atoms with Crippen molar-refractivity contribution < 1.29 is 23.6 Å². The maximum atomic E-state index is 13.3. The highest BCUT2D eigenvalue weighted by molar-refractivity contribution is 6.32. The highest BCUT2D eigenvalue weighted by atomic mass is 35.5. The Hall–Kier alpha value is -3.57. The molecule has 12 heteroatoms. The molecule has 2 N–H and O–H groups in total. The van der Waals surface area contributed by atoms with Crippen molar-refractivity contribution in [3.05, 3.63) is 51.4 Å². The van der Waals surface area contributed by atoms with Crippen molar-refractivity contribution in [3.63, 3.8) is 0 Å². The molecule has 3 amide bonds. The van der Waals surface area contributed by atoms with Crippen LogP contribution < -0.4 is 10.6 Å². The van der Waals surface area contributed by atoms with E-state index in [0.29, 0.717) is 34.2 Å². The molecule has 11 nitrogen and oxygen atoms in total. The van der Waals surface area contributed by atoms with Crippen molar-refractivity contribution in [2.24, 2.45) is 10.2 Å². The van der Waals surface area contributed by atoms with E-state index in [-0.39, 0.29) is 37.4 Å². The Morgan fingerprint density at radius 1 is 1.27 bits per heavy atom. The minimum absolute atomic E-state index is 0.110. The summed E-state index contributed by atoms with van der Waals surface area (Å²) in [5.74, 6) is -0.0300. The standard InChI is InChI=1S/C25H25ClN6O5/c1-27-30-23(20-10-18(31-37-20)13-2-3-13)36-12-28-25(6-7-25)14-8-15-16(17(26)9-14)11-32(24(15)35)19-4-5-21(33)29-22(19)34/h8-10,13,19,28H,1-7,11-12H2,(H,29,33,34)/b30-23-. The predicted octanol–water partition coefficient (Wildman–Crippen LogP) is 2.58. The summed E-state index contributed by atoms with van der Waals surface area (Å²) >= 11 is 6.63. The largest absolute Gasteiger partial charge is 0.458 e. The fraction of sp³-hybridized carbons (Fsp3) is 0.440. The number of ether oxygens (including phenoxy) is 1. The summed E-state index contributed by atoms with van der Waals surface area (Å²) in [6, 6.07) is 4.83. The van der Waals surface area contributed by atoms with E-state index in [1.54, 1.807) is 0 Å². The Morgan fingerprint density at radius 2 is 2.08 bits per heavy atom. The first-order valence-corrected chi connectivity index (χ1v) is 12.6. The summed E-state index contributed by atoms with van der Waals surface area (Å²) in [5.41, 5.74) is 2.51. The number of amides is 3. The number of carbonyl (C=O) groups is 3. The van der Waals surface area contributed by atoms with Gasteiger partial charge in [-0.05, 0) is 49.8 Å². The lowest BCUT2D eigenvalue weighted by Gasteiger charge is -2.29. The van der Waals surface area contributed by atoms with Gasteiger partial charge in [0.05, 0.1) is 5.69 Å². The van der Waals surface area contributed by atoms with Crippen LogP contribution in [-0.4, -0.2) is 53.2 Å². The maximum Gasteiger partial charge on any atom is 0.281 e. The summed E-state index contributed by atoms with van der Waals surface area (Å²) in [6.07, 6.45) is 4.35. The van der Waals surface area contributed by atoms with Gasteiger partial charge in [0.25, 0.3) is 11.8 Å². The number of piperidine rings is 1. The van der Waals surface area contributed by atoms with Gasteiger partial charge in [-0.3, -0.25) is 25.0 Å². The van der Waals surface area contributed by atoms with E-state index in [9.17, 15) is 14.4 Å². The highest BCUT2D eigenvalue weighted by Gasteiger charge is 2.46. The van der Waals surface area contributed by atoms with Crippen molar-refractivity contribution in [1.29, 1.82) is 0 Å². The number of fused-ring (bicyclic) bond motifs is 1. The zero-order valence-corrected chi connectivity index (χ0v) is 20.7.